The maximum absolute atomic E-state index is 10.9. The van der Waals surface area contributed by atoms with Crippen LogP contribution in [0.1, 0.15) is 0 Å². The topological polar surface area (TPSA) is 61.0 Å². The lowest BCUT2D eigenvalue weighted by Gasteiger charge is -2.15. The summed E-state index contributed by atoms with van der Waals surface area (Å²) in [6.45, 7) is 6.43. The van der Waals surface area contributed by atoms with Crippen molar-refractivity contribution in [3.05, 3.63) is 34.5 Å². The molecule has 2 aromatic rings. The van der Waals surface area contributed by atoms with E-state index in [-0.39, 0.29) is 10.6 Å². The van der Waals surface area contributed by atoms with Crippen LogP contribution >= 0.6 is 0 Å². The summed E-state index contributed by atoms with van der Waals surface area (Å²) in [6.07, 6.45) is 1.79. The lowest BCUT2D eigenvalue weighted by atomic mass is 10.2. The van der Waals surface area contributed by atoms with Crippen LogP contribution in [0.15, 0.2) is 24.4 Å². The average Bonchev–Trinajstić information content (AvgIpc) is 2.59. The van der Waals surface area contributed by atoms with Gasteiger partial charge in [-0.2, -0.15) is 5.10 Å². The first kappa shape index (κ1) is 10.8. The molecule has 0 saturated carbocycles. The molecule has 0 aliphatic carbocycles. The van der Waals surface area contributed by atoms with E-state index in [0.29, 0.717) is 10.9 Å². The van der Waals surface area contributed by atoms with Gasteiger partial charge in [0.05, 0.1) is 15.8 Å². The lowest BCUT2D eigenvalue weighted by molar-refractivity contribution is -0.383. The molecule has 0 fully saturated rings. The highest BCUT2D eigenvalue weighted by atomic mass is 28.3. The molecule has 0 radical (unpaired) electrons. The third-order valence-corrected chi connectivity index (χ3v) is 4.01. The summed E-state index contributed by atoms with van der Waals surface area (Å²) in [7, 11) is -1.59. The molecule has 1 aromatic carbocycles. The molecule has 1 aromatic heterocycles. The van der Waals surface area contributed by atoms with Crippen molar-refractivity contribution in [3.8, 4) is 0 Å². The second-order valence-electron chi connectivity index (χ2n) is 4.71. The minimum atomic E-state index is -1.59. The Kier molecular flexibility index (Phi) is 2.31. The van der Waals surface area contributed by atoms with Gasteiger partial charge in [-0.25, -0.2) is 0 Å². The van der Waals surface area contributed by atoms with E-state index in [1.165, 1.54) is 6.07 Å². The van der Waals surface area contributed by atoms with Gasteiger partial charge in [0, 0.05) is 12.3 Å². The van der Waals surface area contributed by atoms with Crippen molar-refractivity contribution in [3.63, 3.8) is 0 Å². The van der Waals surface area contributed by atoms with Crippen LogP contribution in [0.5, 0.6) is 0 Å². The SMILES string of the molecule is C[Si](C)(C)n1cc2c([N+](=O)[O-])cccc2n1. The van der Waals surface area contributed by atoms with Gasteiger partial charge >= 0.3 is 0 Å². The van der Waals surface area contributed by atoms with E-state index in [1.807, 2.05) is 4.35 Å². The van der Waals surface area contributed by atoms with Crippen LogP contribution in [0.25, 0.3) is 10.9 Å². The molecule has 5 nitrogen and oxygen atoms in total. The number of hydrogen-bond acceptors (Lipinski definition) is 3. The largest absolute Gasteiger partial charge is 0.301 e. The van der Waals surface area contributed by atoms with Crippen molar-refractivity contribution in [2.75, 3.05) is 0 Å². The number of fused-ring (bicyclic) bond motifs is 1. The normalized spacial score (nSPS) is 11.9. The minimum Gasteiger partial charge on any atom is -0.301 e. The number of nitro benzene ring substituents is 1. The molecule has 0 atom stereocenters. The molecular weight excluding hydrogens is 222 g/mol. The molecule has 0 amide bonds. The number of nitrogens with zero attached hydrogens (tertiary/aromatic N) is 3. The predicted octanol–water partition coefficient (Wildman–Crippen LogP) is 2.63. The monoisotopic (exact) mass is 235 g/mol. The van der Waals surface area contributed by atoms with Gasteiger partial charge in [-0.05, 0) is 25.7 Å². The second-order valence-corrected chi connectivity index (χ2v) is 9.51. The Bertz CT molecular complexity index is 557. The molecule has 6 heteroatoms. The van der Waals surface area contributed by atoms with Gasteiger partial charge in [-0.1, -0.05) is 6.07 Å². The summed E-state index contributed by atoms with van der Waals surface area (Å²) in [5.41, 5.74) is 0.818. The standard InChI is InChI=1S/C10H13N3O2Si/c1-16(2,3)12-7-8-9(11-12)5-4-6-10(8)13(14)15/h4-7H,1-3H3. The number of aromatic nitrogens is 2. The highest BCUT2D eigenvalue weighted by Crippen LogP contribution is 2.25. The van der Waals surface area contributed by atoms with E-state index in [9.17, 15) is 10.1 Å². The van der Waals surface area contributed by atoms with E-state index in [4.69, 9.17) is 0 Å². The van der Waals surface area contributed by atoms with Crippen LogP contribution in [-0.4, -0.2) is 22.6 Å². The highest BCUT2D eigenvalue weighted by Gasteiger charge is 2.21. The first-order chi connectivity index (χ1) is 7.39. The van der Waals surface area contributed by atoms with Crippen molar-refractivity contribution >= 4 is 24.8 Å². The quantitative estimate of drug-likeness (QED) is 0.456. The maximum Gasteiger partial charge on any atom is 0.280 e. The zero-order chi connectivity index (χ0) is 11.9. The Morgan fingerprint density at radius 2 is 2.06 bits per heavy atom. The second kappa shape index (κ2) is 3.41. The number of benzene rings is 1. The predicted molar refractivity (Wildman–Crippen MR) is 65.1 cm³/mol. The summed E-state index contributed by atoms with van der Waals surface area (Å²) in [4.78, 5) is 10.5. The first-order valence-corrected chi connectivity index (χ1v) is 8.47. The van der Waals surface area contributed by atoms with Crippen LogP contribution in [0.2, 0.25) is 19.6 Å². The molecule has 84 valence electrons. The van der Waals surface area contributed by atoms with Crippen LogP contribution in [0.4, 0.5) is 5.69 Å². The van der Waals surface area contributed by atoms with Crippen molar-refractivity contribution in [2.24, 2.45) is 0 Å². The summed E-state index contributed by atoms with van der Waals surface area (Å²) in [5.74, 6) is 0. The molecule has 2 rings (SSSR count). The summed E-state index contributed by atoms with van der Waals surface area (Å²) in [5, 5.41) is 15.9. The van der Waals surface area contributed by atoms with Gasteiger partial charge in [0.2, 0.25) is 0 Å². The van der Waals surface area contributed by atoms with Crippen LogP contribution in [-0.2, 0) is 0 Å². The Labute approximate surface area is 93.9 Å². The summed E-state index contributed by atoms with van der Waals surface area (Å²) in [6, 6.07) is 4.99. The number of hydrogen-bond donors (Lipinski definition) is 0. The number of nitro groups is 1. The van der Waals surface area contributed by atoms with Gasteiger partial charge in [0.1, 0.15) is 0 Å². The molecule has 0 aliphatic rings. The zero-order valence-corrected chi connectivity index (χ0v) is 10.5. The van der Waals surface area contributed by atoms with Gasteiger partial charge in [-0.15, -0.1) is 0 Å². The van der Waals surface area contributed by atoms with E-state index < -0.39 is 8.24 Å². The van der Waals surface area contributed by atoms with Crippen LogP contribution in [0.3, 0.4) is 0 Å². The summed E-state index contributed by atoms with van der Waals surface area (Å²) < 4.78 is 1.89. The number of non-ortho nitro benzene ring substituents is 1. The maximum atomic E-state index is 10.9. The molecule has 0 unspecified atom stereocenters. The Morgan fingerprint density at radius 1 is 1.38 bits per heavy atom. The molecule has 0 aliphatic heterocycles. The van der Waals surface area contributed by atoms with Crippen LogP contribution < -0.4 is 0 Å². The van der Waals surface area contributed by atoms with Crippen molar-refractivity contribution < 1.29 is 4.92 Å². The smallest absolute Gasteiger partial charge is 0.280 e. The fraction of sp³-hybridized carbons (Fsp3) is 0.300. The van der Waals surface area contributed by atoms with E-state index in [2.05, 4.69) is 24.7 Å². The molecule has 0 N–H and O–H groups in total. The molecule has 0 spiro atoms. The third kappa shape index (κ3) is 1.71. The molecular formula is C10H13N3O2Si. The number of rotatable bonds is 2. The van der Waals surface area contributed by atoms with Gasteiger partial charge < -0.3 is 4.35 Å². The fourth-order valence-electron chi connectivity index (χ4n) is 1.53. The van der Waals surface area contributed by atoms with Gasteiger partial charge in [0.15, 0.2) is 8.24 Å². The molecule has 1 heterocycles. The van der Waals surface area contributed by atoms with E-state index in [0.717, 1.165) is 0 Å². The van der Waals surface area contributed by atoms with Crippen molar-refractivity contribution in [1.82, 2.24) is 9.45 Å². The molecule has 0 bridgehead atoms. The Balaban J connectivity index is 2.71. The first-order valence-electron chi connectivity index (χ1n) is 5.03. The third-order valence-electron chi connectivity index (χ3n) is 2.41. The highest BCUT2D eigenvalue weighted by molar-refractivity contribution is 6.74. The van der Waals surface area contributed by atoms with Crippen molar-refractivity contribution in [2.45, 2.75) is 19.6 Å². The lowest BCUT2D eigenvalue weighted by Crippen LogP contribution is -2.32. The van der Waals surface area contributed by atoms with Gasteiger partial charge in [-0.3, -0.25) is 10.1 Å². The fourth-order valence-corrected chi connectivity index (χ4v) is 2.45. The van der Waals surface area contributed by atoms with E-state index >= 15 is 0 Å². The van der Waals surface area contributed by atoms with E-state index in [1.54, 1.807) is 18.3 Å². The zero-order valence-electron chi connectivity index (χ0n) is 9.47. The van der Waals surface area contributed by atoms with Crippen molar-refractivity contribution in [1.29, 1.82) is 0 Å². The minimum absolute atomic E-state index is 0.127. The Morgan fingerprint density at radius 3 is 2.62 bits per heavy atom. The Hall–Kier alpha value is -1.69. The molecule has 16 heavy (non-hydrogen) atoms. The molecule has 0 saturated heterocycles. The summed E-state index contributed by atoms with van der Waals surface area (Å²) >= 11 is 0. The van der Waals surface area contributed by atoms with Gasteiger partial charge in [0.25, 0.3) is 5.69 Å². The van der Waals surface area contributed by atoms with Crippen LogP contribution in [0, 0.1) is 10.1 Å². The average molecular weight is 235 g/mol.